The molecule has 5 rings (SSSR count). The van der Waals surface area contributed by atoms with Crippen LogP contribution >= 0.6 is 0 Å². The largest absolute Gasteiger partial charge is 0.466 e. The van der Waals surface area contributed by atoms with Crippen LogP contribution in [0.4, 0.5) is 0 Å². The lowest BCUT2D eigenvalue weighted by Gasteiger charge is -2.30. The number of para-hydroxylation sites is 1. The van der Waals surface area contributed by atoms with Crippen molar-refractivity contribution in [3.63, 3.8) is 0 Å². The zero-order valence-electron chi connectivity index (χ0n) is 19.4. The van der Waals surface area contributed by atoms with E-state index in [1.165, 1.54) is 46.3 Å². The standard InChI is InChI=1S/C29H29N3O2/c1-34-29(33)11-7-21-6-9-26-23(18-21)8-10-28(26)32(20-22-12-15-30-16-13-22)17-14-24-19-31-27-5-3-2-4-25(24)27/h2-7,9,11-13,15-16,18-19,28,31H,8,10,14,17,20H2,1H3/b11-7+. The Morgan fingerprint density at radius 3 is 2.88 bits per heavy atom. The van der Waals surface area contributed by atoms with E-state index in [0.717, 1.165) is 37.9 Å². The predicted molar refractivity (Wildman–Crippen MR) is 135 cm³/mol. The van der Waals surface area contributed by atoms with Gasteiger partial charge in [-0.3, -0.25) is 9.88 Å². The third-order valence-corrected chi connectivity index (χ3v) is 6.75. The summed E-state index contributed by atoms with van der Waals surface area (Å²) in [5.41, 5.74) is 7.62. The Morgan fingerprint density at radius 1 is 1.18 bits per heavy atom. The predicted octanol–water partition coefficient (Wildman–Crippen LogP) is 5.48. The van der Waals surface area contributed by atoms with Crippen LogP contribution in [0.1, 0.15) is 40.3 Å². The van der Waals surface area contributed by atoms with E-state index in [0.29, 0.717) is 6.04 Å². The first-order valence-electron chi connectivity index (χ1n) is 11.8. The highest BCUT2D eigenvalue weighted by molar-refractivity contribution is 5.87. The van der Waals surface area contributed by atoms with Crippen molar-refractivity contribution in [2.45, 2.75) is 31.8 Å². The minimum atomic E-state index is -0.334. The summed E-state index contributed by atoms with van der Waals surface area (Å²) in [5.74, 6) is -0.334. The molecule has 0 radical (unpaired) electrons. The second-order valence-electron chi connectivity index (χ2n) is 8.80. The lowest BCUT2D eigenvalue weighted by molar-refractivity contribution is -0.134. The molecule has 1 aliphatic rings. The van der Waals surface area contributed by atoms with Gasteiger partial charge >= 0.3 is 5.97 Å². The summed E-state index contributed by atoms with van der Waals surface area (Å²) in [6.07, 6.45) is 12.3. The molecule has 0 amide bonds. The van der Waals surface area contributed by atoms with Crippen LogP contribution in [-0.2, 0) is 28.9 Å². The number of hydrogen-bond donors (Lipinski definition) is 1. The van der Waals surface area contributed by atoms with E-state index in [9.17, 15) is 4.79 Å². The summed E-state index contributed by atoms with van der Waals surface area (Å²) in [6.45, 7) is 1.86. The molecule has 1 unspecified atom stereocenters. The maximum atomic E-state index is 11.5. The highest BCUT2D eigenvalue weighted by Gasteiger charge is 2.28. The molecule has 0 fully saturated rings. The molecule has 4 aromatic rings. The molecule has 2 aromatic heterocycles. The summed E-state index contributed by atoms with van der Waals surface area (Å²) in [5, 5.41) is 1.31. The molecule has 0 saturated heterocycles. The number of carbonyl (C=O) groups is 1. The molecule has 0 saturated carbocycles. The topological polar surface area (TPSA) is 58.2 Å². The van der Waals surface area contributed by atoms with Gasteiger partial charge in [-0.05, 0) is 71.4 Å². The summed E-state index contributed by atoms with van der Waals surface area (Å²) in [7, 11) is 1.40. The van der Waals surface area contributed by atoms with Gasteiger partial charge in [-0.1, -0.05) is 36.4 Å². The number of carbonyl (C=O) groups excluding carboxylic acids is 1. The number of methoxy groups -OCH3 is 1. The number of esters is 1. The third kappa shape index (κ3) is 4.80. The average molecular weight is 452 g/mol. The summed E-state index contributed by atoms with van der Waals surface area (Å²) < 4.78 is 4.71. The van der Waals surface area contributed by atoms with Gasteiger partial charge in [0, 0.05) is 54.7 Å². The zero-order valence-corrected chi connectivity index (χ0v) is 19.4. The average Bonchev–Trinajstić information content (AvgIpc) is 3.49. The quantitative estimate of drug-likeness (QED) is 0.285. The van der Waals surface area contributed by atoms with E-state index < -0.39 is 0 Å². The molecular formula is C29H29N3O2. The number of aromatic nitrogens is 2. The van der Waals surface area contributed by atoms with Gasteiger partial charge in [-0.15, -0.1) is 0 Å². The van der Waals surface area contributed by atoms with Gasteiger partial charge in [-0.25, -0.2) is 4.79 Å². The first-order chi connectivity index (χ1) is 16.7. The normalized spacial score (nSPS) is 15.3. The fourth-order valence-corrected chi connectivity index (χ4v) is 5.00. The van der Waals surface area contributed by atoms with Crippen LogP contribution in [0.15, 0.2) is 79.3 Å². The Hall–Kier alpha value is -3.70. The summed E-state index contributed by atoms with van der Waals surface area (Å²) >= 11 is 0. The first-order valence-corrected chi connectivity index (χ1v) is 11.8. The Kier molecular flexibility index (Phi) is 6.54. The third-order valence-electron chi connectivity index (χ3n) is 6.75. The van der Waals surface area contributed by atoms with Crippen molar-refractivity contribution >= 4 is 22.9 Å². The number of rotatable bonds is 8. The molecule has 172 valence electrons. The fourth-order valence-electron chi connectivity index (χ4n) is 5.00. The highest BCUT2D eigenvalue weighted by Crippen LogP contribution is 2.37. The van der Waals surface area contributed by atoms with Gasteiger partial charge in [-0.2, -0.15) is 0 Å². The SMILES string of the molecule is COC(=O)/C=C/c1ccc2c(c1)CCC2N(CCc1c[nH]c2ccccc12)Cc1ccncc1. The second-order valence-corrected chi connectivity index (χ2v) is 8.80. The van der Waals surface area contributed by atoms with Crippen LogP contribution in [0.2, 0.25) is 0 Å². The number of nitrogens with zero attached hydrogens (tertiary/aromatic N) is 2. The first kappa shape index (κ1) is 22.1. The van der Waals surface area contributed by atoms with Crippen molar-refractivity contribution in [3.8, 4) is 0 Å². The van der Waals surface area contributed by atoms with Crippen LogP contribution in [0.25, 0.3) is 17.0 Å². The Bertz CT molecular complexity index is 1310. The zero-order chi connectivity index (χ0) is 23.3. The van der Waals surface area contributed by atoms with Crippen molar-refractivity contribution in [2.24, 2.45) is 0 Å². The van der Waals surface area contributed by atoms with Gasteiger partial charge in [0.15, 0.2) is 0 Å². The number of ether oxygens (including phenoxy) is 1. The minimum absolute atomic E-state index is 0.334. The lowest BCUT2D eigenvalue weighted by atomic mass is 10.0. The molecule has 1 N–H and O–H groups in total. The number of aromatic amines is 1. The number of nitrogens with one attached hydrogen (secondary N) is 1. The second kappa shape index (κ2) is 10.1. The van der Waals surface area contributed by atoms with Crippen LogP contribution < -0.4 is 0 Å². The van der Waals surface area contributed by atoms with E-state index >= 15 is 0 Å². The smallest absolute Gasteiger partial charge is 0.330 e. The maximum absolute atomic E-state index is 11.5. The van der Waals surface area contributed by atoms with Crippen LogP contribution in [-0.4, -0.2) is 34.5 Å². The molecule has 34 heavy (non-hydrogen) atoms. The van der Waals surface area contributed by atoms with E-state index in [-0.39, 0.29) is 5.97 Å². The van der Waals surface area contributed by atoms with Crippen molar-refractivity contribution in [3.05, 3.63) is 107 Å². The van der Waals surface area contributed by atoms with Crippen molar-refractivity contribution in [1.29, 1.82) is 0 Å². The van der Waals surface area contributed by atoms with E-state index in [1.807, 2.05) is 18.5 Å². The fraction of sp³-hybridized carbons (Fsp3) is 0.241. The van der Waals surface area contributed by atoms with Crippen LogP contribution in [0.5, 0.6) is 0 Å². The number of benzene rings is 2. The number of aryl methyl sites for hydroxylation is 1. The molecule has 1 atom stereocenters. The summed E-state index contributed by atoms with van der Waals surface area (Å²) in [6, 6.07) is 19.6. The van der Waals surface area contributed by atoms with Crippen molar-refractivity contribution in [2.75, 3.05) is 13.7 Å². The Balaban J connectivity index is 1.38. The van der Waals surface area contributed by atoms with Crippen molar-refractivity contribution < 1.29 is 9.53 Å². The minimum Gasteiger partial charge on any atom is -0.466 e. The summed E-state index contributed by atoms with van der Waals surface area (Å²) in [4.78, 5) is 21.7. The van der Waals surface area contributed by atoms with Crippen molar-refractivity contribution in [1.82, 2.24) is 14.9 Å². The molecule has 5 nitrogen and oxygen atoms in total. The van der Waals surface area contributed by atoms with Crippen LogP contribution in [0.3, 0.4) is 0 Å². The molecule has 0 bridgehead atoms. The molecular weight excluding hydrogens is 422 g/mol. The van der Waals surface area contributed by atoms with Gasteiger partial charge in [0.1, 0.15) is 0 Å². The van der Waals surface area contributed by atoms with Gasteiger partial charge < -0.3 is 9.72 Å². The number of pyridine rings is 1. The molecule has 0 spiro atoms. The maximum Gasteiger partial charge on any atom is 0.330 e. The van der Waals surface area contributed by atoms with Gasteiger partial charge in [0.05, 0.1) is 7.11 Å². The number of fused-ring (bicyclic) bond motifs is 2. The molecule has 5 heteroatoms. The van der Waals surface area contributed by atoms with Gasteiger partial charge in [0.2, 0.25) is 0 Å². The molecule has 2 heterocycles. The highest BCUT2D eigenvalue weighted by atomic mass is 16.5. The molecule has 2 aromatic carbocycles. The van der Waals surface area contributed by atoms with E-state index in [2.05, 4.69) is 75.7 Å². The number of hydrogen-bond acceptors (Lipinski definition) is 4. The lowest BCUT2D eigenvalue weighted by Crippen LogP contribution is -2.29. The van der Waals surface area contributed by atoms with E-state index in [1.54, 1.807) is 0 Å². The number of H-pyrrole nitrogens is 1. The Labute approximate surface area is 200 Å². The van der Waals surface area contributed by atoms with E-state index in [4.69, 9.17) is 4.74 Å². The Morgan fingerprint density at radius 2 is 2.03 bits per heavy atom. The molecule has 1 aliphatic carbocycles. The van der Waals surface area contributed by atoms with Gasteiger partial charge in [0.25, 0.3) is 0 Å². The molecule has 0 aliphatic heterocycles. The monoisotopic (exact) mass is 451 g/mol. The van der Waals surface area contributed by atoms with Crippen LogP contribution in [0, 0.1) is 0 Å².